The number of H-pyrrole nitrogens is 2. The fourth-order valence-electron chi connectivity index (χ4n) is 8.07. The number of aromatic hydroxyl groups is 2. The van der Waals surface area contributed by atoms with Gasteiger partial charge in [0, 0.05) is 45.8 Å². The van der Waals surface area contributed by atoms with Crippen LogP contribution < -0.4 is 0 Å². The second-order valence-electron chi connectivity index (χ2n) is 15.4. The molecule has 0 unspecified atom stereocenters. The maximum atomic E-state index is 12.8. The van der Waals surface area contributed by atoms with Gasteiger partial charge < -0.3 is 29.7 Å². The van der Waals surface area contributed by atoms with Gasteiger partial charge in [-0.1, -0.05) is 52.0 Å². The van der Waals surface area contributed by atoms with Crippen LogP contribution in [0, 0.1) is 16.7 Å². The first kappa shape index (κ1) is 36.2. The van der Waals surface area contributed by atoms with E-state index in [2.05, 4.69) is 9.97 Å². The number of hydrogen-bond acceptors (Lipinski definition) is 8. The van der Waals surface area contributed by atoms with Crippen molar-refractivity contribution in [1.82, 2.24) is 9.97 Å². The minimum absolute atomic E-state index is 0.117. The van der Waals surface area contributed by atoms with E-state index in [0.29, 0.717) is 11.4 Å². The van der Waals surface area contributed by atoms with E-state index in [1.807, 2.05) is 88.4 Å². The van der Waals surface area contributed by atoms with Crippen molar-refractivity contribution in [2.75, 3.05) is 14.2 Å². The van der Waals surface area contributed by atoms with Gasteiger partial charge in [0.15, 0.2) is 0 Å². The molecule has 10 heteroatoms. The Bertz CT molecular complexity index is 2210. The third-order valence-corrected chi connectivity index (χ3v) is 10.5. The molecular formula is C44H44N4O6. The van der Waals surface area contributed by atoms with Crippen molar-refractivity contribution in [1.29, 1.82) is 0 Å². The molecule has 0 saturated heterocycles. The van der Waals surface area contributed by atoms with E-state index >= 15 is 0 Å². The van der Waals surface area contributed by atoms with Crippen molar-refractivity contribution in [3.8, 4) is 11.5 Å². The smallest absolute Gasteiger partial charge is 0.306 e. The van der Waals surface area contributed by atoms with Crippen molar-refractivity contribution in [2.24, 2.45) is 26.7 Å². The molecule has 0 aliphatic carbocycles. The second kappa shape index (κ2) is 14.0. The third-order valence-electron chi connectivity index (χ3n) is 10.5. The highest BCUT2D eigenvalue weighted by Crippen LogP contribution is 2.46. The zero-order chi connectivity index (χ0) is 38.4. The van der Waals surface area contributed by atoms with Crippen LogP contribution in [0.3, 0.4) is 0 Å². The van der Waals surface area contributed by atoms with Crippen molar-refractivity contribution in [2.45, 2.75) is 46.5 Å². The van der Waals surface area contributed by atoms with Gasteiger partial charge in [-0.3, -0.25) is 19.6 Å². The summed E-state index contributed by atoms with van der Waals surface area (Å²) in [6.07, 6.45) is 8.12. The van der Waals surface area contributed by atoms with Crippen molar-refractivity contribution in [3.63, 3.8) is 0 Å². The van der Waals surface area contributed by atoms with Gasteiger partial charge in [0.05, 0.1) is 49.9 Å². The molecule has 4 aromatic rings. The van der Waals surface area contributed by atoms with E-state index in [9.17, 15) is 19.8 Å². The number of hydrogen-bond donors (Lipinski definition) is 4. The Hall–Kier alpha value is -6.16. The van der Waals surface area contributed by atoms with Gasteiger partial charge in [-0.2, -0.15) is 0 Å². The van der Waals surface area contributed by atoms with E-state index in [4.69, 9.17) is 19.5 Å². The summed E-state index contributed by atoms with van der Waals surface area (Å²) in [7, 11) is 2.78. The van der Waals surface area contributed by atoms with Crippen LogP contribution in [0.15, 0.2) is 118 Å². The number of nitrogens with zero attached hydrogens (tertiary/aromatic N) is 2. The van der Waals surface area contributed by atoms with Gasteiger partial charge in [0.25, 0.3) is 0 Å². The number of nitrogens with one attached hydrogen (secondary N) is 2. The molecule has 5 heterocycles. The largest absolute Gasteiger partial charge is 0.508 e. The fraction of sp³-hybridized carbons (Fsp3) is 0.273. The topological polar surface area (TPSA) is 149 Å². The Morgan fingerprint density at radius 1 is 0.630 bits per heavy atom. The number of methoxy groups -OCH3 is 2. The van der Waals surface area contributed by atoms with Crippen LogP contribution in [-0.2, 0) is 19.1 Å². The van der Waals surface area contributed by atoms with Crippen molar-refractivity contribution >= 4 is 34.5 Å². The monoisotopic (exact) mass is 724 g/mol. The molecule has 0 spiro atoms. The molecule has 54 heavy (non-hydrogen) atoms. The zero-order valence-corrected chi connectivity index (χ0v) is 31.2. The summed E-state index contributed by atoms with van der Waals surface area (Å²) in [5.74, 6) is -1.19. The highest BCUT2D eigenvalue weighted by molar-refractivity contribution is 6.20. The Balaban J connectivity index is 1.54. The number of phenols is 2. The first-order valence-electron chi connectivity index (χ1n) is 17.9. The van der Waals surface area contributed by atoms with Crippen LogP contribution in [-0.4, -0.2) is 57.8 Å². The molecule has 276 valence electrons. The standard InChI is InChI=1S/C44H44N4O6/c1-43(2,23-37(51)53-5)41-33-17-13-29(45-33)39(25-9-7-11-27(49)21-25)31-15-19-35(47-31)42(44(3,4)24-38(52)54-6)36-20-16-32(48-36)40(30-14-18-34(41)46-30)26-10-8-12-28(50)22-26/h7-22,41-42,45-46,49-50H,23-24H2,1-6H3/b39-31-,40-32-. The van der Waals surface area contributed by atoms with Gasteiger partial charge in [-0.25, -0.2) is 0 Å². The molecule has 0 atom stereocenters. The Morgan fingerprint density at radius 2 is 1.06 bits per heavy atom. The molecule has 2 aromatic carbocycles. The molecular weight excluding hydrogens is 681 g/mol. The average molecular weight is 725 g/mol. The molecule has 10 nitrogen and oxygen atoms in total. The maximum absolute atomic E-state index is 12.8. The summed E-state index contributed by atoms with van der Waals surface area (Å²) in [6, 6.07) is 22.2. The Kier molecular flexibility index (Phi) is 9.39. The van der Waals surface area contributed by atoms with Crippen LogP contribution in [0.4, 0.5) is 0 Å². The van der Waals surface area contributed by atoms with Crippen LogP contribution >= 0.6 is 0 Å². The SMILES string of the molecule is COC(=O)CC(C)(C)C1C2=N/C(=C(/c3cccc(O)c3)c3ccc([nH]3)C(C(C)(C)CC(=O)OC)c3ccc([nH]3)/C(c3cccc(O)c3)=C3/C=CC1=N3)C=C2. The number of aromatic amines is 2. The normalized spacial score (nSPS) is 20.9. The van der Waals surface area contributed by atoms with Gasteiger partial charge in [0.1, 0.15) is 11.5 Å². The quantitative estimate of drug-likeness (QED) is 0.135. The minimum Gasteiger partial charge on any atom is -0.508 e. The van der Waals surface area contributed by atoms with Crippen LogP contribution in [0.2, 0.25) is 0 Å². The number of benzene rings is 2. The van der Waals surface area contributed by atoms with E-state index < -0.39 is 16.7 Å². The lowest BCUT2D eigenvalue weighted by atomic mass is 9.71. The molecule has 4 N–H and O–H groups in total. The van der Waals surface area contributed by atoms with Gasteiger partial charge in [-0.05, 0) is 94.8 Å². The summed E-state index contributed by atoms with van der Waals surface area (Å²) < 4.78 is 10.3. The summed E-state index contributed by atoms with van der Waals surface area (Å²) in [5.41, 5.74) is 7.77. The summed E-state index contributed by atoms with van der Waals surface area (Å²) in [6.45, 7) is 8.11. The number of aromatic nitrogens is 2. The molecule has 2 aromatic heterocycles. The molecule has 0 amide bonds. The molecule has 8 bridgehead atoms. The number of fused-ring (bicyclic) bond motifs is 6. The highest BCUT2D eigenvalue weighted by atomic mass is 16.5. The molecule has 0 fully saturated rings. The van der Waals surface area contributed by atoms with Crippen LogP contribution in [0.25, 0.3) is 11.1 Å². The van der Waals surface area contributed by atoms with E-state index in [1.54, 1.807) is 36.4 Å². The lowest BCUT2D eigenvalue weighted by Gasteiger charge is -2.33. The van der Waals surface area contributed by atoms with Crippen LogP contribution in [0.5, 0.6) is 11.5 Å². The lowest BCUT2D eigenvalue weighted by Crippen LogP contribution is -2.37. The number of rotatable bonds is 8. The van der Waals surface area contributed by atoms with Crippen LogP contribution in [0.1, 0.15) is 80.4 Å². The number of ether oxygens (including phenoxy) is 2. The fourth-order valence-corrected chi connectivity index (χ4v) is 8.07. The number of esters is 2. The van der Waals surface area contributed by atoms with E-state index in [1.165, 1.54) is 14.2 Å². The minimum atomic E-state index is -0.677. The second-order valence-corrected chi connectivity index (χ2v) is 15.4. The molecule has 0 saturated carbocycles. The predicted octanol–water partition coefficient (Wildman–Crippen LogP) is 8.23. The number of allylic oxidation sites excluding steroid dienone is 4. The first-order valence-corrected chi connectivity index (χ1v) is 17.9. The average Bonchev–Trinajstić information content (AvgIpc) is 3.95. The first-order chi connectivity index (χ1) is 25.8. The highest BCUT2D eigenvalue weighted by Gasteiger charge is 2.41. The summed E-state index contributed by atoms with van der Waals surface area (Å²) >= 11 is 0. The molecule has 3 aliphatic rings. The predicted molar refractivity (Wildman–Crippen MR) is 209 cm³/mol. The Labute approximate surface area is 314 Å². The summed E-state index contributed by atoms with van der Waals surface area (Å²) in [5, 5.41) is 21.2. The molecule has 7 rings (SSSR count). The number of carbonyl (C=O) groups is 2. The van der Waals surface area contributed by atoms with Crippen molar-refractivity contribution in [3.05, 3.63) is 142 Å². The van der Waals surface area contributed by atoms with Gasteiger partial charge >= 0.3 is 11.9 Å². The zero-order valence-electron chi connectivity index (χ0n) is 31.2. The third kappa shape index (κ3) is 6.87. The number of aliphatic imine (C=N–C) groups is 2. The molecule has 0 radical (unpaired) electrons. The lowest BCUT2D eigenvalue weighted by molar-refractivity contribution is -0.144. The Morgan fingerprint density at radius 3 is 1.46 bits per heavy atom. The maximum Gasteiger partial charge on any atom is 0.306 e. The van der Waals surface area contributed by atoms with Crippen molar-refractivity contribution < 1.29 is 29.3 Å². The summed E-state index contributed by atoms with van der Waals surface area (Å²) in [4.78, 5) is 43.6. The van der Waals surface area contributed by atoms with Gasteiger partial charge in [0.2, 0.25) is 0 Å². The van der Waals surface area contributed by atoms with Gasteiger partial charge in [-0.15, -0.1) is 0 Å². The van der Waals surface area contributed by atoms with E-state index in [-0.39, 0.29) is 42.2 Å². The number of carbonyl (C=O) groups excluding carboxylic acids is 2. The number of phenolic OH excluding ortho intramolecular Hbond substituents is 2. The van der Waals surface area contributed by atoms with E-state index in [0.717, 1.165) is 56.5 Å². The molecule has 3 aliphatic heterocycles.